The Labute approximate surface area is 122 Å². The highest BCUT2D eigenvalue weighted by Crippen LogP contribution is 2.31. The molecular weight excluding hydrogens is 256 g/mol. The van der Waals surface area contributed by atoms with Gasteiger partial charge in [0.25, 0.3) is 0 Å². The maximum atomic E-state index is 11.2. The summed E-state index contributed by atoms with van der Waals surface area (Å²) in [6.07, 6.45) is 12.2. The van der Waals surface area contributed by atoms with Crippen molar-refractivity contribution in [3.8, 4) is 0 Å². The van der Waals surface area contributed by atoms with Gasteiger partial charge in [-0.25, -0.2) is 0 Å². The number of aliphatic hydroxyl groups excluding tert-OH is 1. The summed E-state index contributed by atoms with van der Waals surface area (Å²) in [5.41, 5.74) is 0. The second kappa shape index (κ2) is 11.1. The monoisotopic (exact) mass is 286 g/mol. The van der Waals surface area contributed by atoms with Crippen molar-refractivity contribution in [2.45, 2.75) is 83.3 Å². The van der Waals surface area contributed by atoms with Crippen LogP contribution >= 0.6 is 0 Å². The lowest BCUT2D eigenvalue weighted by Gasteiger charge is -2.01. The normalized spacial score (nSPS) is 20.9. The molecule has 1 saturated heterocycles. The lowest BCUT2D eigenvalue weighted by Crippen LogP contribution is -2.09. The predicted molar refractivity (Wildman–Crippen MR) is 78.5 cm³/mol. The smallest absolute Gasteiger partial charge is 0.305 e. The van der Waals surface area contributed by atoms with Gasteiger partial charge in [-0.2, -0.15) is 0 Å². The van der Waals surface area contributed by atoms with Crippen molar-refractivity contribution in [2.75, 3.05) is 13.2 Å². The van der Waals surface area contributed by atoms with Crippen molar-refractivity contribution in [2.24, 2.45) is 0 Å². The molecule has 0 bridgehead atoms. The molecule has 118 valence electrons. The van der Waals surface area contributed by atoms with Crippen LogP contribution < -0.4 is 0 Å². The third-order valence-corrected chi connectivity index (χ3v) is 3.77. The molecule has 0 aliphatic carbocycles. The molecule has 0 saturated carbocycles. The Balaban J connectivity index is 1.85. The zero-order chi connectivity index (χ0) is 14.6. The summed E-state index contributed by atoms with van der Waals surface area (Å²) in [6, 6.07) is 0. The molecule has 0 aromatic heterocycles. The first-order valence-electron chi connectivity index (χ1n) is 8.20. The highest BCUT2D eigenvalue weighted by Gasteiger charge is 2.37. The average molecular weight is 286 g/mol. The number of epoxide rings is 1. The second-order valence-corrected chi connectivity index (χ2v) is 5.61. The highest BCUT2D eigenvalue weighted by atomic mass is 16.6. The van der Waals surface area contributed by atoms with Gasteiger partial charge in [-0.15, -0.1) is 0 Å². The largest absolute Gasteiger partial charge is 0.463 e. The molecule has 1 rings (SSSR count). The third-order valence-electron chi connectivity index (χ3n) is 3.77. The first-order valence-corrected chi connectivity index (χ1v) is 8.20. The first-order chi connectivity index (χ1) is 9.77. The molecule has 4 heteroatoms. The fourth-order valence-electron chi connectivity index (χ4n) is 2.48. The Morgan fingerprint density at radius 2 is 1.70 bits per heavy atom. The molecule has 1 aliphatic rings. The van der Waals surface area contributed by atoms with E-state index in [1.54, 1.807) is 0 Å². The number of rotatable bonds is 13. The molecule has 2 unspecified atom stereocenters. The molecule has 1 N–H and O–H groups in total. The van der Waals surface area contributed by atoms with Crippen LogP contribution in [-0.2, 0) is 14.3 Å². The van der Waals surface area contributed by atoms with E-state index in [4.69, 9.17) is 14.6 Å². The molecule has 1 fully saturated rings. The molecule has 1 aliphatic heterocycles. The Hall–Kier alpha value is -0.610. The Morgan fingerprint density at radius 1 is 1.05 bits per heavy atom. The van der Waals surface area contributed by atoms with Crippen LogP contribution in [0.2, 0.25) is 0 Å². The van der Waals surface area contributed by atoms with E-state index in [0.717, 1.165) is 12.8 Å². The fraction of sp³-hybridized carbons (Fsp3) is 0.938. The van der Waals surface area contributed by atoms with E-state index < -0.39 is 0 Å². The number of ether oxygens (including phenoxy) is 2. The Morgan fingerprint density at radius 3 is 2.40 bits per heavy atom. The SMILES string of the molecule is CCCCCCCCCC1OC1CCC(=O)OCCO. The quantitative estimate of drug-likeness (QED) is 0.321. The molecule has 1 heterocycles. The fourth-order valence-corrected chi connectivity index (χ4v) is 2.48. The van der Waals surface area contributed by atoms with Crippen LogP contribution in [0.15, 0.2) is 0 Å². The lowest BCUT2D eigenvalue weighted by molar-refractivity contribution is -0.144. The number of carbonyl (C=O) groups excluding carboxylic acids is 1. The zero-order valence-electron chi connectivity index (χ0n) is 12.8. The van der Waals surface area contributed by atoms with Crippen LogP contribution in [0.5, 0.6) is 0 Å². The molecule has 2 atom stereocenters. The molecule has 0 amide bonds. The second-order valence-electron chi connectivity index (χ2n) is 5.61. The minimum atomic E-state index is -0.232. The number of aliphatic hydroxyl groups is 1. The molecule has 0 aromatic carbocycles. The summed E-state index contributed by atoms with van der Waals surface area (Å²) in [5, 5.41) is 8.53. The van der Waals surface area contributed by atoms with Crippen molar-refractivity contribution in [1.29, 1.82) is 0 Å². The number of carbonyl (C=O) groups is 1. The molecule has 0 spiro atoms. The summed E-state index contributed by atoms with van der Waals surface area (Å²) in [6.45, 7) is 2.24. The number of hydrogen-bond acceptors (Lipinski definition) is 4. The zero-order valence-corrected chi connectivity index (χ0v) is 12.8. The molecule has 4 nitrogen and oxygen atoms in total. The van der Waals surface area contributed by atoms with E-state index in [1.165, 1.54) is 44.9 Å². The van der Waals surface area contributed by atoms with E-state index in [0.29, 0.717) is 12.5 Å². The van der Waals surface area contributed by atoms with Gasteiger partial charge in [-0.05, 0) is 12.8 Å². The van der Waals surface area contributed by atoms with Crippen LogP contribution in [-0.4, -0.2) is 36.5 Å². The Kier molecular flexibility index (Phi) is 9.67. The van der Waals surface area contributed by atoms with Gasteiger partial charge >= 0.3 is 5.97 Å². The standard InChI is InChI=1S/C16H30O4/c1-2-3-4-5-6-7-8-9-14-15(20-14)10-11-16(18)19-13-12-17/h14-15,17H,2-13H2,1H3. The van der Waals surface area contributed by atoms with Gasteiger partial charge in [0, 0.05) is 6.42 Å². The van der Waals surface area contributed by atoms with E-state index >= 15 is 0 Å². The van der Waals surface area contributed by atoms with E-state index in [9.17, 15) is 4.79 Å². The number of hydrogen-bond donors (Lipinski definition) is 1. The third kappa shape index (κ3) is 8.54. The van der Waals surface area contributed by atoms with Crippen molar-refractivity contribution >= 4 is 5.97 Å². The van der Waals surface area contributed by atoms with Gasteiger partial charge in [0.1, 0.15) is 6.61 Å². The Bertz CT molecular complexity index is 255. The van der Waals surface area contributed by atoms with Gasteiger partial charge in [-0.3, -0.25) is 4.79 Å². The summed E-state index contributed by atoms with van der Waals surface area (Å²) in [4.78, 5) is 11.2. The lowest BCUT2D eigenvalue weighted by atomic mass is 10.1. The van der Waals surface area contributed by atoms with Crippen molar-refractivity contribution in [3.05, 3.63) is 0 Å². The summed E-state index contributed by atoms with van der Waals surface area (Å²) in [7, 11) is 0. The minimum Gasteiger partial charge on any atom is -0.463 e. The topological polar surface area (TPSA) is 59.1 Å². The molecule has 0 radical (unpaired) electrons. The van der Waals surface area contributed by atoms with Crippen molar-refractivity contribution in [1.82, 2.24) is 0 Å². The van der Waals surface area contributed by atoms with Gasteiger partial charge in [0.2, 0.25) is 0 Å². The minimum absolute atomic E-state index is 0.103. The van der Waals surface area contributed by atoms with Crippen LogP contribution in [0.1, 0.15) is 71.1 Å². The van der Waals surface area contributed by atoms with E-state index in [-0.39, 0.29) is 25.3 Å². The first kappa shape index (κ1) is 17.4. The summed E-state index contributed by atoms with van der Waals surface area (Å²) in [5.74, 6) is -0.232. The maximum Gasteiger partial charge on any atom is 0.305 e. The molecule has 0 aromatic rings. The van der Waals surface area contributed by atoms with Crippen LogP contribution in [0.3, 0.4) is 0 Å². The summed E-state index contributed by atoms with van der Waals surface area (Å²) >= 11 is 0. The maximum absolute atomic E-state index is 11.2. The summed E-state index contributed by atoms with van der Waals surface area (Å²) < 4.78 is 10.4. The van der Waals surface area contributed by atoms with Crippen LogP contribution in [0, 0.1) is 0 Å². The van der Waals surface area contributed by atoms with Gasteiger partial charge in [0.05, 0.1) is 18.8 Å². The average Bonchev–Trinajstić information content (AvgIpc) is 3.20. The van der Waals surface area contributed by atoms with Gasteiger partial charge in [-0.1, -0.05) is 51.9 Å². The van der Waals surface area contributed by atoms with E-state index in [1.807, 2.05) is 0 Å². The predicted octanol–water partition coefficient (Wildman–Crippen LogP) is 3.21. The molecule has 20 heavy (non-hydrogen) atoms. The van der Waals surface area contributed by atoms with Crippen LogP contribution in [0.4, 0.5) is 0 Å². The van der Waals surface area contributed by atoms with Gasteiger partial charge in [0.15, 0.2) is 0 Å². The van der Waals surface area contributed by atoms with Crippen molar-refractivity contribution in [3.63, 3.8) is 0 Å². The number of esters is 1. The van der Waals surface area contributed by atoms with Gasteiger partial charge < -0.3 is 14.6 Å². The van der Waals surface area contributed by atoms with Crippen LogP contribution in [0.25, 0.3) is 0 Å². The van der Waals surface area contributed by atoms with Crippen molar-refractivity contribution < 1.29 is 19.4 Å². The van der Waals surface area contributed by atoms with E-state index in [2.05, 4.69) is 6.92 Å². The highest BCUT2D eigenvalue weighted by molar-refractivity contribution is 5.69. The molecular formula is C16H30O4. The number of unbranched alkanes of at least 4 members (excludes halogenated alkanes) is 6.